The number of rotatable bonds is 4. The van der Waals surface area contributed by atoms with E-state index in [2.05, 4.69) is 23.9 Å². The fourth-order valence-electron chi connectivity index (χ4n) is 4.00. The van der Waals surface area contributed by atoms with E-state index in [-0.39, 0.29) is 6.10 Å². The Balaban J connectivity index is 2.06. The predicted molar refractivity (Wildman–Crippen MR) is 79.1 cm³/mol. The molecular formula is C15H31N3O. The molecular weight excluding hydrogens is 238 g/mol. The van der Waals surface area contributed by atoms with Crippen molar-refractivity contribution in [3.8, 4) is 0 Å². The van der Waals surface area contributed by atoms with E-state index in [4.69, 9.17) is 5.73 Å². The number of hydrogen-bond acceptors (Lipinski definition) is 4. The van der Waals surface area contributed by atoms with Gasteiger partial charge in [0.15, 0.2) is 0 Å². The van der Waals surface area contributed by atoms with Gasteiger partial charge in [-0.3, -0.25) is 4.90 Å². The van der Waals surface area contributed by atoms with Crippen LogP contribution < -0.4 is 5.73 Å². The molecule has 2 aliphatic rings. The van der Waals surface area contributed by atoms with E-state index in [1.165, 1.54) is 32.1 Å². The molecule has 112 valence electrons. The van der Waals surface area contributed by atoms with Crippen molar-refractivity contribution in [3.63, 3.8) is 0 Å². The fourth-order valence-corrected chi connectivity index (χ4v) is 4.00. The second-order valence-corrected chi connectivity index (χ2v) is 6.70. The molecule has 0 aromatic rings. The molecule has 4 atom stereocenters. The van der Waals surface area contributed by atoms with Gasteiger partial charge in [0, 0.05) is 25.2 Å². The molecule has 1 heterocycles. The molecule has 4 unspecified atom stereocenters. The number of nitrogens with two attached hydrogens (primary N) is 1. The highest BCUT2D eigenvalue weighted by Gasteiger charge is 2.38. The smallest absolute Gasteiger partial charge is 0.0682 e. The van der Waals surface area contributed by atoms with Gasteiger partial charge in [-0.05, 0) is 45.8 Å². The van der Waals surface area contributed by atoms with Crippen LogP contribution in [0.1, 0.15) is 38.5 Å². The summed E-state index contributed by atoms with van der Waals surface area (Å²) in [5.41, 5.74) is 6.01. The largest absolute Gasteiger partial charge is 0.392 e. The minimum Gasteiger partial charge on any atom is -0.392 e. The van der Waals surface area contributed by atoms with Gasteiger partial charge >= 0.3 is 0 Å². The zero-order valence-electron chi connectivity index (χ0n) is 12.6. The molecule has 3 N–H and O–H groups in total. The normalized spacial score (nSPS) is 37.7. The molecule has 0 bridgehead atoms. The van der Waals surface area contributed by atoms with Gasteiger partial charge in [0.2, 0.25) is 0 Å². The molecule has 0 aromatic heterocycles. The first-order chi connectivity index (χ1) is 9.11. The molecule has 0 spiro atoms. The van der Waals surface area contributed by atoms with Crippen molar-refractivity contribution in [3.05, 3.63) is 0 Å². The van der Waals surface area contributed by atoms with E-state index in [9.17, 15) is 5.11 Å². The van der Waals surface area contributed by atoms with Crippen LogP contribution in [0, 0.1) is 5.92 Å². The average Bonchev–Trinajstić information content (AvgIpc) is 2.59. The Morgan fingerprint density at radius 2 is 1.95 bits per heavy atom. The molecule has 4 nitrogen and oxygen atoms in total. The maximum atomic E-state index is 10.1. The third-order valence-electron chi connectivity index (χ3n) is 4.86. The zero-order chi connectivity index (χ0) is 13.8. The van der Waals surface area contributed by atoms with E-state index in [0.717, 1.165) is 26.1 Å². The highest BCUT2D eigenvalue weighted by molar-refractivity contribution is 4.94. The highest BCUT2D eigenvalue weighted by Crippen LogP contribution is 2.32. The summed E-state index contributed by atoms with van der Waals surface area (Å²) >= 11 is 0. The fraction of sp³-hybridized carbons (Fsp3) is 1.00. The van der Waals surface area contributed by atoms with Crippen molar-refractivity contribution in [1.82, 2.24) is 9.80 Å². The Hall–Kier alpha value is -0.160. The van der Waals surface area contributed by atoms with Crippen molar-refractivity contribution in [2.75, 3.05) is 33.7 Å². The van der Waals surface area contributed by atoms with Crippen LogP contribution in [0.2, 0.25) is 0 Å². The Morgan fingerprint density at radius 3 is 2.63 bits per heavy atom. The Labute approximate surface area is 117 Å². The third kappa shape index (κ3) is 3.91. The highest BCUT2D eigenvalue weighted by atomic mass is 16.3. The van der Waals surface area contributed by atoms with Crippen molar-refractivity contribution in [2.45, 2.75) is 56.7 Å². The SMILES string of the molecule is CN(C)CC1CC(O)CN1C1CCCCCC1CN. The zero-order valence-corrected chi connectivity index (χ0v) is 12.6. The summed E-state index contributed by atoms with van der Waals surface area (Å²) in [5, 5.41) is 10.1. The lowest BCUT2D eigenvalue weighted by molar-refractivity contribution is 0.0959. The van der Waals surface area contributed by atoms with Crippen molar-refractivity contribution in [1.29, 1.82) is 0 Å². The number of likely N-dealkylation sites (N-methyl/N-ethyl adjacent to an activating group) is 1. The lowest BCUT2D eigenvalue weighted by atomic mass is 9.93. The van der Waals surface area contributed by atoms with Crippen LogP contribution >= 0.6 is 0 Å². The van der Waals surface area contributed by atoms with E-state index in [0.29, 0.717) is 18.0 Å². The topological polar surface area (TPSA) is 52.7 Å². The summed E-state index contributed by atoms with van der Waals surface area (Å²) in [6, 6.07) is 1.09. The minimum atomic E-state index is -0.147. The molecule has 0 aromatic carbocycles. The van der Waals surface area contributed by atoms with Crippen LogP contribution in [0.15, 0.2) is 0 Å². The van der Waals surface area contributed by atoms with Gasteiger partial charge in [0.25, 0.3) is 0 Å². The van der Waals surface area contributed by atoms with Crippen molar-refractivity contribution in [2.24, 2.45) is 11.7 Å². The first-order valence-electron chi connectivity index (χ1n) is 7.90. The molecule has 2 fully saturated rings. The Kier molecular flexibility index (Phi) is 5.63. The lowest BCUT2D eigenvalue weighted by Gasteiger charge is -2.37. The van der Waals surface area contributed by atoms with Crippen LogP contribution in [0.3, 0.4) is 0 Å². The second kappa shape index (κ2) is 7.02. The van der Waals surface area contributed by atoms with Crippen LogP contribution in [0.25, 0.3) is 0 Å². The molecule has 4 heteroatoms. The first kappa shape index (κ1) is 15.2. The average molecular weight is 269 g/mol. The maximum absolute atomic E-state index is 10.1. The van der Waals surface area contributed by atoms with E-state index in [1.807, 2.05) is 0 Å². The van der Waals surface area contributed by atoms with Gasteiger partial charge in [-0.1, -0.05) is 19.3 Å². The summed E-state index contributed by atoms with van der Waals surface area (Å²) in [6.45, 7) is 2.69. The number of nitrogens with zero attached hydrogens (tertiary/aromatic N) is 2. The molecule has 2 rings (SSSR count). The summed E-state index contributed by atoms with van der Waals surface area (Å²) in [7, 11) is 4.24. The quantitative estimate of drug-likeness (QED) is 0.744. The monoisotopic (exact) mass is 269 g/mol. The number of hydrogen-bond donors (Lipinski definition) is 2. The second-order valence-electron chi connectivity index (χ2n) is 6.70. The summed E-state index contributed by atoms with van der Waals surface area (Å²) < 4.78 is 0. The van der Waals surface area contributed by atoms with Crippen LogP contribution in [-0.4, -0.2) is 66.8 Å². The van der Waals surface area contributed by atoms with E-state index >= 15 is 0 Å². The van der Waals surface area contributed by atoms with Crippen LogP contribution in [0.5, 0.6) is 0 Å². The number of likely N-dealkylation sites (tertiary alicyclic amines) is 1. The van der Waals surface area contributed by atoms with E-state index in [1.54, 1.807) is 0 Å². The van der Waals surface area contributed by atoms with Crippen molar-refractivity contribution < 1.29 is 5.11 Å². The molecule has 1 aliphatic carbocycles. The van der Waals surface area contributed by atoms with Gasteiger partial charge in [0.1, 0.15) is 0 Å². The Bertz CT molecular complexity index is 272. The molecule has 19 heavy (non-hydrogen) atoms. The predicted octanol–water partition coefficient (Wildman–Crippen LogP) is 0.891. The third-order valence-corrected chi connectivity index (χ3v) is 4.86. The lowest BCUT2D eigenvalue weighted by Crippen LogP contribution is -2.48. The summed E-state index contributed by atoms with van der Waals surface area (Å²) in [5.74, 6) is 0.623. The maximum Gasteiger partial charge on any atom is 0.0682 e. The van der Waals surface area contributed by atoms with Gasteiger partial charge in [0.05, 0.1) is 6.10 Å². The number of aliphatic hydroxyl groups is 1. The summed E-state index contributed by atoms with van der Waals surface area (Å²) in [4.78, 5) is 4.82. The van der Waals surface area contributed by atoms with Gasteiger partial charge in [-0.25, -0.2) is 0 Å². The minimum absolute atomic E-state index is 0.147. The summed E-state index contributed by atoms with van der Waals surface area (Å²) in [6.07, 6.45) is 7.30. The Morgan fingerprint density at radius 1 is 1.21 bits per heavy atom. The number of aliphatic hydroxyl groups excluding tert-OH is 1. The van der Waals surface area contributed by atoms with Crippen LogP contribution in [0.4, 0.5) is 0 Å². The van der Waals surface area contributed by atoms with Gasteiger partial charge in [-0.15, -0.1) is 0 Å². The molecule has 1 aliphatic heterocycles. The molecule has 1 saturated heterocycles. The molecule has 0 radical (unpaired) electrons. The molecule has 1 saturated carbocycles. The first-order valence-corrected chi connectivity index (χ1v) is 7.90. The van der Waals surface area contributed by atoms with Gasteiger partial charge in [-0.2, -0.15) is 0 Å². The van der Waals surface area contributed by atoms with Crippen molar-refractivity contribution >= 4 is 0 Å². The van der Waals surface area contributed by atoms with E-state index < -0.39 is 0 Å². The standard InChI is InChI=1S/C15H31N3O/c1-17(2)10-13-8-14(19)11-18(13)15-7-5-3-4-6-12(15)9-16/h12-15,19H,3-11,16H2,1-2H3. The van der Waals surface area contributed by atoms with Crippen LogP contribution in [-0.2, 0) is 0 Å². The number of β-amino-alcohol motifs (C(OH)–C–C–N with tert-alkyl or cyclic N) is 1. The van der Waals surface area contributed by atoms with Gasteiger partial charge < -0.3 is 15.7 Å². The molecule has 0 amide bonds.